The molecule has 1 aliphatic rings. The number of hydrogen-bond donors (Lipinski definition) is 0. The van der Waals surface area contributed by atoms with E-state index in [-0.39, 0.29) is 11.2 Å². The molecule has 1 atom stereocenters. The maximum atomic E-state index is 13.8. The minimum absolute atomic E-state index is 0.0211. The number of benzene rings is 1. The Bertz CT molecular complexity index is 1160. The average molecular weight is 443 g/mol. The Labute approximate surface area is 184 Å². The van der Waals surface area contributed by atoms with Gasteiger partial charge in [-0.05, 0) is 50.1 Å². The van der Waals surface area contributed by atoms with Crippen molar-refractivity contribution in [1.29, 1.82) is 0 Å². The van der Waals surface area contributed by atoms with Crippen LogP contribution in [0, 0.1) is 0 Å². The number of thioether (sulfide) groups is 1. The second-order valence-electron chi connectivity index (χ2n) is 7.93. The van der Waals surface area contributed by atoms with Crippen LogP contribution in [0.1, 0.15) is 37.6 Å². The molecule has 0 saturated carbocycles. The minimum Gasteiger partial charge on any atom is -0.497 e. The van der Waals surface area contributed by atoms with E-state index in [4.69, 9.17) is 14.5 Å². The summed E-state index contributed by atoms with van der Waals surface area (Å²) in [5, 5.41) is 1.41. The summed E-state index contributed by atoms with van der Waals surface area (Å²) >= 11 is 3.11. The summed E-state index contributed by atoms with van der Waals surface area (Å²) in [4.78, 5) is 20.6. The third-order valence-corrected chi connectivity index (χ3v) is 7.77. The van der Waals surface area contributed by atoms with Gasteiger partial charge in [-0.1, -0.05) is 30.8 Å². The number of thiophene rings is 1. The van der Waals surface area contributed by atoms with Crippen LogP contribution in [-0.4, -0.2) is 28.0 Å². The third-order valence-electron chi connectivity index (χ3n) is 5.51. The Morgan fingerprint density at radius 2 is 2.13 bits per heavy atom. The SMILES string of the molecule is C=C(C)CSc1nc2sc3c(c2c(=O)n1-c1ccc(OC)cc1)CC(C)(CC)OC3. The molecule has 1 aliphatic heterocycles. The van der Waals surface area contributed by atoms with E-state index in [2.05, 4.69) is 20.4 Å². The first-order valence-electron chi connectivity index (χ1n) is 9.98. The molecule has 2 aromatic heterocycles. The standard InChI is InChI=1S/C23H26N2O3S2/c1-6-23(4)11-17-18(12-28-23)30-20-19(17)21(26)25(22(24-20)29-13-14(2)3)15-7-9-16(27-5)10-8-15/h7-10H,2,6,11-13H2,1,3-5H3. The van der Waals surface area contributed by atoms with Gasteiger partial charge < -0.3 is 9.47 Å². The molecule has 1 unspecified atom stereocenters. The molecule has 4 rings (SSSR count). The van der Waals surface area contributed by atoms with Crippen LogP contribution in [0.5, 0.6) is 5.75 Å². The second kappa shape index (κ2) is 8.21. The molecule has 0 spiro atoms. The Morgan fingerprint density at radius 1 is 1.40 bits per heavy atom. The monoisotopic (exact) mass is 442 g/mol. The largest absolute Gasteiger partial charge is 0.497 e. The van der Waals surface area contributed by atoms with E-state index in [9.17, 15) is 4.79 Å². The highest BCUT2D eigenvalue weighted by molar-refractivity contribution is 7.99. The molecule has 0 bridgehead atoms. The molecular weight excluding hydrogens is 416 g/mol. The summed E-state index contributed by atoms with van der Waals surface area (Å²) in [6.45, 7) is 10.8. The van der Waals surface area contributed by atoms with Crippen LogP contribution in [-0.2, 0) is 17.8 Å². The van der Waals surface area contributed by atoms with Gasteiger partial charge in [0.15, 0.2) is 5.16 Å². The molecular formula is C23H26N2O3S2. The number of methoxy groups -OCH3 is 1. The number of nitrogens with zero attached hydrogens (tertiary/aromatic N) is 2. The molecule has 3 heterocycles. The fraction of sp³-hybridized carbons (Fsp3) is 0.391. The van der Waals surface area contributed by atoms with Gasteiger partial charge in [-0.2, -0.15) is 0 Å². The molecule has 0 fully saturated rings. The zero-order valence-electron chi connectivity index (χ0n) is 17.8. The van der Waals surface area contributed by atoms with E-state index in [0.717, 1.165) is 50.5 Å². The first kappa shape index (κ1) is 21.2. The number of hydrogen-bond acceptors (Lipinski definition) is 6. The average Bonchev–Trinajstić information content (AvgIpc) is 3.10. The first-order valence-corrected chi connectivity index (χ1v) is 11.8. The van der Waals surface area contributed by atoms with Gasteiger partial charge in [-0.15, -0.1) is 11.3 Å². The van der Waals surface area contributed by atoms with E-state index in [1.54, 1.807) is 23.0 Å². The lowest BCUT2D eigenvalue weighted by atomic mass is 9.90. The van der Waals surface area contributed by atoms with Crippen molar-refractivity contribution in [3.63, 3.8) is 0 Å². The fourth-order valence-electron chi connectivity index (χ4n) is 3.57. The molecule has 3 aromatic rings. The maximum absolute atomic E-state index is 13.8. The zero-order valence-corrected chi connectivity index (χ0v) is 19.4. The van der Waals surface area contributed by atoms with Crippen molar-refractivity contribution in [3.8, 4) is 11.4 Å². The number of fused-ring (bicyclic) bond motifs is 3. The summed E-state index contributed by atoms with van der Waals surface area (Å²) in [7, 11) is 1.63. The topological polar surface area (TPSA) is 53.4 Å². The summed E-state index contributed by atoms with van der Waals surface area (Å²) in [5.74, 6) is 1.46. The predicted molar refractivity (Wildman–Crippen MR) is 124 cm³/mol. The summed E-state index contributed by atoms with van der Waals surface area (Å²) in [6, 6.07) is 7.53. The number of rotatable bonds is 6. The molecule has 0 amide bonds. The molecule has 5 nitrogen and oxygen atoms in total. The molecule has 0 N–H and O–H groups in total. The summed E-state index contributed by atoms with van der Waals surface area (Å²) in [5.41, 5.74) is 2.65. The van der Waals surface area contributed by atoms with Crippen LogP contribution in [0.2, 0.25) is 0 Å². The molecule has 0 aliphatic carbocycles. The molecule has 158 valence electrons. The summed E-state index contributed by atoms with van der Waals surface area (Å²) < 4.78 is 13.1. The van der Waals surface area contributed by atoms with Gasteiger partial charge >= 0.3 is 0 Å². The second-order valence-corrected chi connectivity index (χ2v) is 9.96. The number of ether oxygens (including phenoxy) is 2. The van der Waals surface area contributed by atoms with Crippen molar-refractivity contribution in [2.75, 3.05) is 12.9 Å². The molecule has 7 heteroatoms. The van der Waals surface area contributed by atoms with Crippen molar-refractivity contribution in [2.24, 2.45) is 0 Å². The number of aromatic nitrogens is 2. The maximum Gasteiger partial charge on any atom is 0.267 e. The van der Waals surface area contributed by atoms with Crippen molar-refractivity contribution in [2.45, 2.75) is 51.0 Å². The Balaban J connectivity index is 1.93. The summed E-state index contributed by atoms with van der Waals surface area (Å²) in [6.07, 6.45) is 1.63. The van der Waals surface area contributed by atoms with Gasteiger partial charge in [0.1, 0.15) is 10.6 Å². The minimum atomic E-state index is -0.244. The van der Waals surface area contributed by atoms with Crippen LogP contribution in [0.4, 0.5) is 0 Å². The lowest BCUT2D eigenvalue weighted by Gasteiger charge is -2.32. The van der Waals surface area contributed by atoms with E-state index in [1.807, 2.05) is 31.2 Å². The molecule has 30 heavy (non-hydrogen) atoms. The Hall–Kier alpha value is -2.09. The van der Waals surface area contributed by atoms with Gasteiger partial charge in [0.25, 0.3) is 5.56 Å². The lowest BCUT2D eigenvalue weighted by Crippen LogP contribution is -2.34. The van der Waals surface area contributed by atoms with Gasteiger partial charge in [0, 0.05) is 17.1 Å². The van der Waals surface area contributed by atoms with Crippen LogP contribution in [0.15, 0.2) is 46.4 Å². The van der Waals surface area contributed by atoms with Gasteiger partial charge in [-0.25, -0.2) is 4.98 Å². The van der Waals surface area contributed by atoms with Crippen LogP contribution >= 0.6 is 23.1 Å². The van der Waals surface area contributed by atoms with Gasteiger partial charge in [-0.3, -0.25) is 9.36 Å². The lowest BCUT2D eigenvalue weighted by molar-refractivity contribution is -0.0543. The quantitative estimate of drug-likeness (QED) is 0.292. The molecule has 1 aromatic carbocycles. The first-order chi connectivity index (χ1) is 14.3. The highest BCUT2D eigenvalue weighted by Gasteiger charge is 2.33. The van der Waals surface area contributed by atoms with E-state index < -0.39 is 0 Å². The fourth-order valence-corrected chi connectivity index (χ4v) is 5.57. The van der Waals surface area contributed by atoms with Crippen molar-refractivity contribution in [1.82, 2.24) is 9.55 Å². The predicted octanol–water partition coefficient (Wildman–Crippen LogP) is 5.37. The van der Waals surface area contributed by atoms with Crippen molar-refractivity contribution < 1.29 is 9.47 Å². The highest BCUT2D eigenvalue weighted by Crippen LogP contribution is 2.39. The Morgan fingerprint density at radius 3 is 2.77 bits per heavy atom. The van der Waals surface area contributed by atoms with Gasteiger partial charge in [0.05, 0.1) is 30.4 Å². The van der Waals surface area contributed by atoms with E-state index >= 15 is 0 Å². The Kier molecular flexibility index (Phi) is 5.79. The van der Waals surface area contributed by atoms with E-state index in [0.29, 0.717) is 17.5 Å². The van der Waals surface area contributed by atoms with Crippen LogP contribution in [0.3, 0.4) is 0 Å². The normalized spacial score (nSPS) is 18.4. The molecule has 0 saturated heterocycles. The zero-order chi connectivity index (χ0) is 21.5. The van der Waals surface area contributed by atoms with Crippen molar-refractivity contribution >= 4 is 33.3 Å². The highest BCUT2D eigenvalue weighted by atomic mass is 32.2. The van der Waals surface area contributed by atoms with Crippen LogP contribution in [0.25, 0.3) is 15.9 Å². The van der Waals surface area contributed by atoms with Crippen LogP contribution < -0.4 is 10.3 Å². The van der Waals surface area contributed by atoms with Gasteiger partial charge in [0.2, 0.25) is 0 Å². The molecule has 0 radical (unpaired) electrons. The van der Waals surface area contributed by atoms with Crippen molar-refractivity contribution in [3.05, 3.63) is 57.2 Å². The van der Waals surface area contributed by atoms with E-state index in [1.165, 1.54) is 11.8 Å². The third kappa shape index (κ3) is 3.82. The smallest absolute Gasteiger partial charge is 0.267 e.